The highest BCUT2D eigenvalue weighted by Crippen LogP contribution is 2.38. The second-order valence-corrected chi connectivity index (χ2v) is 5.67. The molecule has 1 saturated heterocycles. The Morgan fingerprint density at radius 1 is 1.00 bits per heavy atom. The summed E-state index contributed by atoms with van der Waals surface area (Å²) in [4.78, 5) is 2.10. The Bertz CT molecular complexity index is 563. The van der Waals surface area contributed by atoms with Gasteiger partial charge in [0.2, 0.25) is 0 Å². The van der Waals surface area contributed by atoms with E-state index in [1.807, 2.05) is 6.07 Å². The molecule has 2 aromatic rings. The maximum Gasteiger partial charge on any atom is 0.103 e. The molecule has 90 valence electrons. The molecular formula is C15H13IN2. The Balaban J connectivity index is 1.91. The molecule has 0 saturated carbocycles. The molecule has 1 aliphatic rings. The summed E-state index contributed by atoms with van der Waals surface area (Å²) in [7, 11) is 0. The Morgan fingerprint density at radius 2 is 1.67 bits per heavy atom. The average Bonchev–Trinajstić information content (AvgIpc) is 2.39. The van der Waals surface area contributed by atoms with Gasteiger partial charge in [-0.05, 0) is 52.4 Å². The summed E-state index contributed by atoms with van der Waals surface area (Å²) in [5, 5.41) is 7.98. The van der Waals surface area contributed by atoms with E-state index >= 15 is 0 Å². The van der Waals surface area contributed by atoms with E-state index in [4.69, 9.17) is 5.41 Å². The number of hydrogen-bond acceptors (Lipinski definition) is 1. The zero-order valence-corrected chi connectivity index (χ0v) is 12.0. The maximum atomic E-state index is 7.98. The highest BCUT2D eigenvalue weighted by Gasteiger charge is 2.34. The summed E-state index contributed by atoms with van der Waals surface area (Å²) in [6.07, 6.45) is 0.829. The standard InChI is InChI=1S/C15H13IN2/c16-12-6-8-13(9-7-12)18-14(10-15(18)17)11-4-2-1-3-5-11/h1-9,14,17H,10H2. The molecule has 18 heavy (non-hydrogen) atoms. The molecule has 1 atom stereocenters. The third-order valence-corrected chi connectivity index (χ3v) is 4.00. The Labute approximate surface area is 120 Å². The predicted molar refractivity (Wildman–Crippen MR) is 83.2 cm³/mol. The number of nitrogens with zero attached hydrogens (tertiary/aromatic N) is 1. The monoisotopic (exact) mass is 348 g/mol. The molecule has 0 amide bonds. The number of anilines is 1. The van der Waals surface area contributed by atoms with Gasteiger partial charge in [0.15, 0.2) is 0 Å². The van der Waals surface area contributed by atoms with Gasteiger partial charge in [0, 0.05) is 15.7 Å². The third kappa shape index (κ3) is 2.03. The smallest absolute Gasteiger partial charge is 0.103 e. The van der Waals surface area contributed by atoms with Gasteiger partial charge in [0.05, 0.1) is 6.04 Å². The van der Waals surface area contributed by atoms with Crippen LogP contribution in [-0.2, 0) is 0 Å². The van der Waals surface area contributed by atoms with E-state index in [0.29, 0.717) is 11.9 Å². The number of rotatable bonds is 2. The second-order valence-electron chi connectivity index (χ2n) is 4.42. The fourth-order valence-corrected chi connectivity index (χ4v) is 2.69. The van der Waals surface area contributed by atoms with Crippen molar-refractivity contribution >= 4 is 34.1 Å². The summed E-state index contributed by atoms with van der Waals surface area (Å²) in [6.45, 7) is 0. The first-order valence-corrected chi connectivity index (χ1v) is 7.01. The molecule has 0 spiro atoms. The van der Waals surface area contributed by atoms with Gasteiger partial charge in [-0.15, -0.1) is 0 Å². The first kappa shape index (κ1) is 11.7. The average molecular weight is 348 g/mol. The van der Waals surface area contributed by atoms with Crippen LogP contribution in [0.4, 0.5) is 5.69 Å². The van der Waals surface area contributed by atoms with Crippen LogP contribution in [0.5, 0.6) is 0 Å². The molecule has 0 aliphatic carbocycles. The molecule has 0 radical (unpaired) electrons. The molecule has 1 unspecified atom stereocenters. The van der Waals surface area contributed by atoms with E-state index in [1.54, 1.807) is 0 Å². The number of nitrogens with one attached hydrogen (secondary N) is 1. The summed E-state index contributed by atoms with van der Waals surface area (Å²) < 4.78 is 1.22. The van der Waals surface area contributed by atoms with Crippen LogP contribution < -0.4 is 4.90 Å². The molecule has 1 N–H and O–H groups in total. The van der Waals surface area contributed by atoms with Gasteiger partial charge in [-0.2, -0.15) is 0 Å². The summed E-state index contributed by atoms with van der Waals surface area (Å²) in [5.41, 5.74) is 2.40. The van der Waals surface area contributed by atoms with E-state index in [-0.39, 0.29) is 0 Å². The van der Waals surface area contributed by atoms with Gasteiger partial charge in [0.1, 0.15) is 5.84 Å². The van der Waals surface area contributed by atoms with E-state index in [1.165, 1.54) is 9.13 Å². The highest BCUT2D eigenvalue weighted by atomic mass is 127. The van der Waals surface area contributed by atoms with Gasteiger partial charge in [-0.3, -0.25) is 5.41 Å². The third-order valence-electron chi connectivity index (χ3n) is 3.28. The lowest BCUT2D eigenvalue weighted by Crippen LogP contribution is -2.46. The minimum absolute atomic E-state index is 0.318. The zero-order valence-electron chi connectivity index (χ0n) is 9.81. The zero-order chi connectivity index (χ0) is 12.5. The molecule has 3 rings (SSSR count). The van der Waals surface area contributed by atoms with Crippen LogP contribution in [0.25, 0.3) is 0 Å². The van der Waals surface area contributed by atoms with Crippen LogP contribution >= 0.6 is 22.6 Å². The minimum Gasteiger partial charge on any atom is -0.322 e. The molecule has 0 bridgehead atoms. The van der Waals surface area contributed by atoms with Crippen LogP contribution in [0, 0.1) is 8.98 Å². The quantitative estimate of drug-likeness (QED) is 0.809. The van der Waals surface area contributed by atoms with Crippen LogP contribution in [0.2, 0.25) is 0 Å². The predicted octanol–water partition coefficient (Wildman–Crippen LogP) is 4.22. The number of benzene rings is 2. The van der Waals surface area contributed by atoms with E-state index in [2.05, 4.69) is 76.0 Å². The summed E-state index contributed by atoms with van der Waals surface area (Å²) in [5.74, 6) is 0.699. The molecular weight excluding hydrogens is 335 g/mol. The lowest BCUT2D eigenvalue weighted by atomic mass is 9.92. The van der Waals surface area contributed by atoms with Gasteiger partial charge < -0.3 is 4.90 Å². The van der Waals surface area contributed by atoms with Gasteiger partial charge in [0.25, 0.3) is 0 Å². The van der Waals surface area contributed by atoms with E-state index < -0.39 is 0 Å². The van der Waals surface area contributed by atoms with Crippen LogP contribution in [0.15, 0.2) is 54.6 Å². The molecule has 3 heteroatoms. The van der Waals surface area contributed by atoms with Crippen LogP contribution in [0.1, 0.15) is 18.0 Å². The molecule has 2 nitrogen and oxygen atoms in total. The van der Waals surface area contributed by atoms with Gasteiger partial charge in [-0.1, -0.05) is 30.3 Å². The number of halogens is 1. The topological polar surface area (TPSA) is 27.1 Å². The molecule has 0 aromatic heterocycles. The Morgan fingerprint density at radius 3 is 2.28 bits per heavy atom. The highest BCUT2D eigenvalue weighted by molar-refractivity contribution is 14.1. The lowest BCUT2D eigenvalue weighted by Gasteiger charge is -2.43. The molecule has 1 heterocycles. The van der Waals surface area contributed by atoms with Crippen molar-refractivity contribution in [3.8, 4) is 0 Å². The van der Waals surface area contributed by atoms with Crippen LogP contribution in [-0.4, -0.2) is 5.84 Å². The van der Waals surface area contributed by atoms with Crippen molar-refractivity contribution in [2.45, 2.75) is 12.5 Å². The van der Waals surface area contributed by atoms with E-state index in [0.717, 1.165) is 12.1 Å². The lowest BCUT2D eigenvalue weighted by molar-refractivity contribution is 0.646. The largest absolute Gasteiger partial charge is 0.322 e. The SMILES string of the molecule is N=C1CC(c2ccccc2)N1c1ccc(I)cc1. The van der Waals surface area contributed by atoms with Crippen molar-refractivity contribution in [2.75, 3.05) is 4.90 Å². The van der Waals surface area contributed by atoms with Gasteiger partial charge >= 0.3 is 0 Å². The summed E-state index contributed by atoms with van der Waals surface area (Å²) in [6, 6.07) is 19.1. The second kappa shape index (κ2) is 4.72. The van der Waals surface area contributed by atoms with Crippen LogP contribution in [0.3, 0.4) is 0 Å². The van der Waals surface area contributed by atoms with Crippen molar-refractivity contribution < 1.29 is 0 Å². The number of hydrogen-bond donors (Lipinski definition) is 1. The van der Waals surface area contributed by atoms with Crippen molar-refractivity contribution in [3.63, 3.8) is 0 Å². The molecule has 1 aliphatic heterocycles. The minimum atomic E-state index is 0.318. The fraction of sp³-hybridized carbons (Fsp3) is 0.133. The van der Waals surface area contributed by atoms with Crippen molar-refractivity contribution in [1.82, 2.24) is 0 Å². The van der Waals surface area contributed by atoms with Crippen molar-refractivity contribution in [3.05, 3.63) is 63.7 Å². The van der Waals surface area contributed by atoms with E-state index in [9.17, 15) is 0 Å². The number of amidine groups is 1. The fourth-order valence-electron chi connectivity index (χ4n) is 2.33. The first-order valence-electron chi connectivity index (χ1n) is 5.93. The maximum absolute atomic E-state index is 7.98. The Kier molecular flexibility index (Phi) is 3.07. The Hall–Kier alpha value is -1.36. The van der Waals surface area contributed by atoms with Crippen molar-refractivity contribution in [2.24, 2.45) is 0 Å². The van der Waals surface area contributed by atoms with Crippen molar-refractivity contribution in [1.29, 1.82) is 5.41 Å². The molecule has 2 aromatic carbocycles. The summed E-state index contributed by atoms with van der Waals surface area (Å²) >= 11 is 2.30. The van der Waals surface area contributed by atoms with Gasteiger partial charge in [-0.25, -0.2) is 0 Å². The first-order chi connectivity index (χ1) is 8.75. The molecule has 1 fully saturated rings. The normalized spacial score (nSPS) is 18.6.